The van der Waals surface area contributed by atoms with Gasteiger partial charge in [-0.2, -0.15) is 0 Å². The Morgan fingerprint density at radius 2 is 1.34 bits per heavy atom. The van der Waals surface area contributed by atoms with E-state index in [1.54, 1.807) is 0 Å². The maximum atomic E-state index is 13.3. The van der Waals surface area contributed by atoms with Crippen molar-refractivity contribution in [3.8, 4) is 0 Å². The second-order valence-corrected chi connectivity index (χ2v) is 8.40. The quantitative estimate of drug-likeness (QED) is 0.742. The van der Waals surface area contributed by atoms with Gasteiger partial charge >= 0.3 is 0 Å². The molecule has 0 unspecified atom stereocenters. The Kier molecular flexibility index (Phi) is 3.36. The number of amides is 2. The first-order valence-electron chi connectivity index (χ1n) is 9.95. The van der Waals surface area contributed by atoms with Crippen LogP contribution in [0.3, 0.4) is 0 Å². The minimum Gasteiger partial charge on any atom is -0.389 e. The maximum absolute atomic E-state index is 13.3. The van der Waals surface area contributed by atoms with Crippen LogP contribution in [0.2, 0.25) is 0 Å². The number of imide groups is 1. The molecule has 0 spiro atoms. The number of oxime groups is 1. The van der Waals surface area contributed by atoms with Crippen molar-refractivity contribution in [2.75, 3.05) is 4.90 Å². The second-order valence-electron chi connectivity index (χ2n) is 8.40. The number of nitrogens with zero attached hydrogens (tertiary/aromatic N) is 2. The summed E-state index contributed by atoms with van der Waals surface area (Å²) in [5.74, 6) is -1.47. The molecule has 6 atom stereocenters. The van der Waals surface area contributed by atoms with Crippen LogP contribution in [0.1, 0.15) is 16.7 Å². The molecule has 2 bridgehead atoms. The molecule has 146 valence electrons. The number of fused-ring (bicyclic) bond motifs is 8. The molecule has 4 aliphatic heterocycles. The smallest absolute Gasteiger partial charge is 0.240 e. The first-order valence-corrected chi connectivity index (χ1v) is 9.95. The zero-order chi connectivity index (χ0) is 19.9. The SMILES string of the molecule is Cc1ccc(C2=NO[C@@H]3[C@H]4O[C@@H]([C@H]23)[C@H]2C(=O)N(c3ccc(C)cc3)C(=O)[C@@H]42)cc1. The van der Waals surface area contributed by atoms with Crippen molar-refractivity contribution in [2.45, 2.75) is 32.2 Å². The van der Waals surface area contributed by atoms with Crippen LogP contribution in [0, 0.1) is 31.6 Å². The highest BCUT2D eigenvalue weighted by Gasteiger charge is 2.72. The summed E-state index contributed by atoms with van der Waals surface area (Å²) < 4.78 is 6.15. The van der Waals surface area contributed by atoms with Gasteiger partial charge in [-0.1, -0.05) is 52.7 Å². The van der Waals surface area contributed by atoms with Crippen LogP contribution >= 0.6 is 0 Å². The normalized spacial score (nSPS) is 34.3. The van der Waals surface area contributed by atoms with Crippen molar-refractivity contribution in [1.29, 1.82) is 0 Å². The van der Waals surface area contributed by atoms with Gasteiger partial charge in [0.05, 0.1) is 35.3 Å². The van der Waals surface area contributed by atoms with Gasteiger partial charge in [-0.3, -0.25) is 9.59 Å². The first kappa shape index (κ1) is 16.9. The van der Waals surface area contributed by atoms with Gasteiger partial charge in [0.2, 0.25) is 11.8 Å². The molecule has 2 amide bonds. The number of anilines is 1. The largest absolute Gasteiger partial charge is 0.389 e. The summed E-state index contributed by atoms with van der Waals surface area (Å²) in [5.41, 5.74) is 4.66. The zero-order valence-corrected chi connectivity index (χ0v) is 16.1. The van der Waals surface area contributed by atoms with Crippen LogP contribution in [-0.2, 0) is 19.2 Å². The van der Waals surface area contributed by atoms with E-state index in [4.69, 9.17) is 9.57 Å². The summed E-state index contributed by atoms with van der Waals surface area (Å²) in [7, 11) is 0. The molecule has 0 aromatic heterocycles. The van der Waals surface area contributed by atoms with Crippen LogP contribution in [0.4, 0.5) is 5.69 Å². The first-order chi connectivity index (χ1) is 14.0. The third kappa shape index (κ3) is 2.18. The highest BCUT2D eigenvalue weighted by molar-refractivity contribution is 6.23. The lowest BCUT2D eigenvalue weighted by atomic mass is 9.71. The monoisotopic (exact) mass is 388 g/mol. The third-order valence-electron chi connectivity index (χ3n) is 6.68. The fourth-order valence-corrected chi connectivity index (χ4v) is 5.27. The van der Waals surface area contributed by atoms with Crippen molar-refractivity contribution in [2.24, 2.45) is 22.9 Å². The number of carbonyl (C=O) groups is 2. The van der Waals surface area contributed by atoms with Crippen LogP contribution in [0.25, 0.3) is 0 Å². The average molecular weight is 388 g/mol. The van der Waals surface area contributed by atoms with Crippen LogP contribution in [0.15, 0.2) is 53.7 Å². The summed E-state index contributed by atoms with van der Waals surface area (Å²) in [5, 5.41) is 4.33. The van der Waals surface area contributed by atoms with Gasteiger partial charge in [0, 0.05) is 0 Å². The molecule has 6 nitrogen and oxygen atoms in total. The summed E-state index contributed by atoms with van der Waals surface area (Å²) in [4.78, 5) is 33.5. The molecular formula is C23H20N2O4. The molecule has 0 N–H and O–H groups in total. The molecular weight excluding hydrogens is 368 g/mol. The summed E-state index contributed by atoms with van der Waals surface area (Å²) in [6.45, 7) is 4.01. The van der Waals surface area contributed by atoms with E-state index < -0.39 is 17.9 Å². The van der Waals surface area contributed by atoms with Gasteiger partial charge in [0.15, 0.2) is 6.10 Å². The summed E-state index contributed by atoms with van der Waals surface area (Å²) in [6.07, 6.45) is -1.13. The maximum Gasteiger partial charge on any atom is 0.240 e. The Bertz CT molecular complexity index is 1060. The minimum atomic E-state index is -0.498. The number of hydrogen-bond donors (Lipinski definition) is 0. The fraction of sp³-hybridized carbons (Fsp3) is 0.348. The molecule has 0 aliphatic carbocycles. The highest BCUT2D eigenvalue weighted by atomic mass is 16.7. The lowest BCUT2D eigenvalue weighted by Gasteiger charge is -2.26. The van der Waals surface area contributed by atoms with E-state index in [2.05, 4.69) is 5.16 Å². The van der Waals surface area contributed by atoms with E-state index in [1.165, 1.54) is 10.5 Å². The van der Waals surface area contributed by atoms with E-state index in [1.807, 2.05) is 62.4 Å². The van der Waals surface area contributed by atoms with Gasteiger partial charge in [0.25, 0.3) is 0 Å². The molecule has 2 aromatic rings. The average Bonchev–Trinajstić information content (AvgIpc) is 3.44. The Hall–Kier alpha value is -2.99. The van der Waals surface area contributed by atoms with E-state index >= 15 is 0 Å². The summed E-state index contributed by atoms with van der Waals surface area (Å²) >= 11 is 0. The molecule has 0 saturated carbocycles. The summed E-state index contributed by atoms with van der Waals surface area (Å²) in [6, 6.07) is 15.6. The predicted octanol–water partition coefficient (Wildman–Crippen LogP) is 2.61. The fourth-order valence-electron chi connectivity index (χ4n) is 5.27. The van der Waals surface area contributed by atoms with Crippen molar-refractivity contribution in [3.05, 3.63) is 65.2 Å². The van der Waals surface area contributed by atoms with Gasteiger partial charge in [0.1, 0.15) is 6.10 Å². The zero-order valence-electron chi connectivity index (χ0n) is 16.1. The number of benzene rings is 2. The lowest BCUT2D eigenvalue weighted by molar-refractivity contribution is -0.125. The molecule has 3 saturated heterocycles. The topological polar surface area (TPSA) is 68.2 Å². The van der Waals surface area contributed by atoms with Gasteiger partial charge in [-0.15, -0.1) is 0 Å². The lowest BCUT2D eigenvalue weighted by Crippen LogP contribution is -2.45. The molecule has 6 rings (SSSR count). The molecule has 4 heterocycles. The number of carbonyl (C=O) groups excluding carboxylic acids is 2. The van der Waals surface area contributed by atoms with Crippen molar-refractivity contribution in [3.63, 3.8) is 0 Å². The molecule has 6 heteroatoms. The molecule has 0 radical (unpaired) electrons. The highest BCUT2D eigenvalue weighted by Crippen LogP contribution is 2.55. The molecule has 3 fully saturated rings. The van der Waals surface area contributed by atoms with Crippen molar-refractivity contribution >= 4 is 23.2 Å². The van der Waals surface area contributed by atoms with E-state index in [9.17, 15) is 9.59 Å². The van der Waals surface area contributed by atoms with Crippen LogP contribution < -0.4 is 4.90 Å². The molecule has 2 aromatic carbocycles. The minimum absolute atomic E-state index is 0.126. The predicted molar refractivity (Wildman–Crippen MR) is 105 cm³/mol. The second kappa shape index (κ2) is 5.76. The Morgan fingerprint density at radius 3 is 2.00 bits per heavy atom. The van der Waals surface area contributed by atoms with E-state index in [-0.39, 0.29) is 29.9 Å². The van der Waals surface area contributed by atoms with Crippen molar-refractivity contribution < 1.29 is 19.2 Å². The number of rotatable bonds is 2. The number of aryl methyl sites for hydroxylation is 2. The van der Waals surface area contributed by atoms with E-state index in [0.717, 1.165) is 16.8 Å². The van der Waals surface area contributed by atoms with Gasteiger partial charge in [-0.25, -0.2) is 4.90 Å². The molecule has 4 aliphatic rings. The van der Waals surface area contributed by atoms with Crippen LogP contribution in [-0.4, -0.2) is 35.8 Å². The molecule has 29 heavy (non-hydrogen) atoms. The third-order valence-corrected chi connectivity index (χ3v) is 6.68. The van der Waals surface area contributed by atoms with E-state index in [0.29, 0.717) is 5.69 Å². The number of ether oxygens (including phenoxy) is 1. The van der Waals surface area contributed by atoms with Crippen molar-refractivity contribution in [1.82, 2.24) is 0 Å². The Labute approximate surface area is 168 Å². The van der Waals surface area contributed by atoms with Crippen LogP contribution in [0.5, 0.6) is 0 Å². The van der Waals surface area contributed by atoms with Gasteiger partial charge in [-0.05, 0) is 31.5 Å². The standard InChI is InChI=1S/C23H20N2O4/c1-11-3-7-13(8-4-11)18-17-19-15-16(20(28-19)21(17)29-24-18)23(27)25(22(15)26)14-9-5-12(2)6-10-14/h3-10,15-17,19-21H,1-2H3/t15-,16+,17-,19+,20-,21-/m0/s1. The Balaban J connectivity index is 1.35. The van der Waals surface area contributed by atoms with Gasteiger partial charge < -0.3 is 9.57 Å². The number of hydrogen-bond acceptors (Lipinski definition) is 5. The Morgan fingerprint density at radius 1 is 0.759 bits per heavy atom.